The fourth-order valence-corrected chi connectivity index (χ4v) is 2.66. The molecular weight excluding hydrogens is 238 g/mol. The van der Waals surface area contributed by atoms with Gasteiger partial charge >= 0.3 is 0 Å². The molecule has 0 aromatic carbocycles. The zero-order valence-electron chi connectivity index (χ0n) is 10.4. The van der Waals surface area contributed by atoms with Crippen molar-refractivity contribution < 1.29 is 8.42 Å². The second kappa shape index (κ2) is 6.76. The van der Waals surface area contributed by atoms with Crippen LogP contribution in [0.5, 0.6) is 0 Å². The van der Waals surface area contributed by atoms with Crippen LogP contribution in [0, 0.1) is 5.92 Å². The average Bonchev–Trinajstić information content (AvgIpc) is 2.83. The van der Waals surface area contributed by atoms with E-state index in [0.29, 0.717) is 12.5 Å². The molecule has 1 unspecified atom stereocenters. The van der Waals surface area contributed by atoms with Gasteiger partial charge in [0.2, 0.25) is 0 Å². The van der Waals surface area contributed by atoms with Crippen LogP contribution in [-0.4, -0.2) is 25.2 Å². The minimum atomic E-state index is -3.42. The topological polar surface area (TPSA) is 74.8 Å². The minimum Gasteiger partial charge on any atom is -0.266 e. The highest BCUT2D eigenvalue weighted by atomic mass is 32.2. The SMILES string of the molecule is CCCCC(CC)CNS(=O)(=O)c1ccn[nH]1. The van der Waals surface area contributed by atoms with Gasteiger partial charge in [-0.05, 0) is 18.4 Å². The van der Waals surface area contributed by atoms with E-state index in [-0.39, 0.29) is 5.03 Å². The zero-order valence-corrected chi connectivity index (χ0v) is 11.3. The molecule has 5 nitrogen and oxygen atoms in total. The van der Waals surface area contributed by atoms with Gasteiger partial charge in [-0.2, -0.15) is 5.10 Å². The van der Waals surface area contributed by atoms with E-state index in [2.05, 4.69) is 28.8 Å². The van der Waals surface area contributed by atoms with Crippen LogP contribution >= 0.6 is 0 Å². The van der Waals surface area contributed by atoms with Gasteiger partial charge in [0.05, 0.1) is 6.20 Å². The minimum absolute atomic E-state index is 0.128. The van der Waals surface area contributed by atoms with Crippen molar-refractivity contribution >= 4 is 10.0 Å². The maximum atomic E-state index is 11.8. The molecule has 98 valence electrons. The first-order valence-corrected chi connectivity index (χ1v) is 7.57. The molecule has 1 heterocycles. The van der Waals surface area contributed by atoms with Gasteiger partial charge in [-0.1, -0.05) is 33.1 Å². The van der Waals surface area contributed by atoms with Gasteiger partial charge in [0.15, 0.2) is 5.03 Å². The van der Waals surface area contributed by atoms with E-state index in [1.54, 1.807) is 0 Å². The summed E-state index contributed by atoms with van der Waals surface area (Å²) in [6.07, 6.45) is 5.78. The van der Waals surface area contributed by atoms with Crippen LogP contribution in [-0.2, 0) is 10.0 Å². The molecule has 1 atom stereocenters. The lowest BCUT2D eigenvalue weighted by molar-refractivity contribution is 0.443. The van der Waals surface area contributed by atoms with Crippen molar-refractivity contribution in [2.45, 2.75) is 44.6 Å². The van der Waals surface area contributed by atoms with Crippen LogP contribution in [0.4, 0.5) is 0 Å². The summed E-state index contributed by atoms with van der Waals surface area (Å²) in [6, 6.07) is 1.45. The molecule has 1 aromatic rings. The van der Waals surface area contributed by atoms with Gasteiger partial charge in [0.25, 0.3) is 10.0 Å². The van der Waals surface area contributed by atoms with Crippen molar-refractivity contribution in [3.8, 4) is 0 Å². The number of nitrogens with zero attached hydrogens (tertiary/aromatic N) is 1. The fourth-order valence-electron chi connectivity index (χ4n) is 1.64. The molecule has 1 aromatic heterocycles. The van der Waals surface area contributed by atoms with Crippen LogP contribution in [0.15, 0.2) is 17.3 Å². The molecule has 0 aliphatic carbocycles. The van der Waals surface area contributed by atoms with Gasteiger partial charge in [0.1, 0.15) is 0 Å². The number of H-pyrrole nitrogens is 1. The van der Waals surface area contributed by atoms with Crippen molar-refractivity contribution in [1.29, 1.82) is 0 Å². The molecule has 0 spiro atoms. The summed E-state index contributed by atoms with van der Waals surface area (Å²) >= 11 is 0. The molecule has 2 N–H and O–H groups in total. The van der Waals surface area contributed by atoms with E-state index < -0.39 is 10.0 Å². The first kappa shape index (κ1) is 14.2. The predicted molar refractivity (Wildman–Crippen MR) is 67.1 cm³/mol. The van der Waals surface area contributed by atoms with Crippen LogP contribution in [0.3, 0.4) is 0 Å². The fraction of sp³-hybridized carbons (Fsp3) is 0.727. The molecule has 0 amide bonds. The van der Waals surface area contributed by atoms with Gasteiger partial charge in [-0.25, -0.2) is 13.1 Å². The highest BCUT2D eigenvalue weighted by molar-refractivity contribution is 7.89. The third kappa shape index (κ3) is 4.47. The summed E-state index contributed by atoms with van der Waals surface area (Å²) in [6.45, 7) is 4.73. The van der Waals surface area contributed by atoms with Gasteiger partial charge in [-0.15, -0.1) is 0 Å². The lowest BCUT2D eigenvalue weighted by atomic mass is 10.00. The summed E-state index contributed by atoms with van der Waals surface area (Å²) in [5.74, 6) is 0.410. The number of hydrogen-bond donors (Lipinski definition) is 2. The monoisotopic (exact) mass is 259 g/mol. The Balaban J connectivity index is 2.49. The van der Waals surface area contributed by atoms with E-state index >= 15 is 0 Å². The summed E-state index contributed by atoms with van der Waals surface area (Å²) in [4.78, 5) is 0. The molecule has 0 aliphatic rings. The van der Waals surface area contributed by atoms with E-state index in [9.17, 15) is 8.42 Å². The molecular formula is C11H21N3O2S. The molecule has 0 saturated heterocycles. The molecule has 17 heavy (non-hydrogen) atoms. The predicted octanol–water partition coefficient (Wildman–Crippen LogP) is 1.90. The Hall–Kier alpha value is -0.880. The summed E-state index contributed by atoms with van der Waals surface area (Å²) < 4.78 is 26.2. The quantitative estimate of drug-likeness (QED) is 0.748. The molecule has 0 fully saturated rings. The lowest BCUT2D eigenvalue weighted by Crippen LogP contribution is -2.29. The van der Waals surface area contributed by atoms with E-state index in [1.165, 1.54) is 12.3 Å². The number of hydrogen-bond acceptors (Lipinski definition) is 3. The Labute approximate surface area is 103 Å². The Morgan fingerprint density at radius 1 is 1.47 bits per heavy atom. The number of unbranched alkanes of at least 4 members (excludes halogenated alkanes) is 1. The highest BCUT2D eigenvalue weighted by Gasteiger charge is 2.16. The number of aromatic amines is 1. The van der Waals surface area contributed by atoms with Gasteiger partial charge in [-0.3, -0.25) is 5.10 Å². The summed E-state index contributed by atoms with van der Waals surface area (Å²) in [7, 11) is -3.42. The smallest absolute Gasteiger partial charge is 0.257 e. The molecule has 6 heteroatoms. The summed E-state index contributed by atoms with van der Waals surface area (Å²) in [5.41, 5.74) is 0. The molecule has 0 saturated carbocycles. The van der Waals surface area contributed by atoms with Crippen LogP contribution in [0.1, 0.15) is 39.5 Å². The maximum Gasteiger partial charge on any atom is 0.257 e. The number of rotatable bonds is 8. The van der Waals surface area contributed by atoms with Crippen LogP contribution in [0.25, 0.3) is 0 Å². The third-order valence-electron chi connectivity index (χ3n) is 2.87. The van der Waals surface area contributed by atoms with Crippen LogP contribution in [0.2, 0.25) is 0 Å². The molecule has 0 aliphatic heterocycles. The molecule has 0 radical (unpaired) electrons. The molecule has 1 rings (SSSR count). The van der Waals surface area contributed by atoms with Crippen molar-refractivity contribution in [1.82, 2.24) is 14.9 Å². The maximum absolute atomic E-state index is 11.8. The van der Waals surface area contributed by atoms with Crippen molar-refractivity contribution in [2.24, 2.45) is 5.92 Å². The van der Waals surface area contributed by atoms with Gasteiger partial charge < -0.3 is 0 Å². The Morgan fingerprint density at radius 3 is 2.76 bits per heavy atom. The second-order valence-corrected chi connectivity index (χ2v) is 5.92. The average molecular weight is 259 g/mol. The zero-order chi connectivity index (χ0) is 12.7. The third-order valence-corrected chi connectivity index (χ3v) is 4.22. The first-order valence-electron chi connectivity index (χ1n) is 6.09. The van der Waals surface area contributed by atoms with Gasteiger partial charge in [0, 0.05) is 6.54 Å². The second-order valence-electron chi connectivity index (χ2n) is 4.19. The van der Waals surface area contributed by atoms with E-state index in [0.717, 1.165) is 25.7 Å². The Kier molecular flexibility index (Phi) is 5.64. The summed E-state index contributed by atoms with van der Waals surface area (Å²) in [5, 5.41) is 6.23. The number of sulfonamides is 1. The highest BCUT2D eigenvalue weighted by Crippen LogP contribution is 2.12. The van der Waals surface area contributed by atoms with Crippen molar-refractivity contribution in [2.75, 3.05) is 6.54 Å². The Morgan fingerprint density at radius 2 is 2.24 bits per heavy atom. The largest absolute Gasteiger partial charge is 0.266 e. The van der Waals surface area contributed by atoms with E-state index in [1.807, 2.05) is 0 Å². The van der Waals surface area contributed by atoms with Crippen molar-refractivity contribution in [3.05, 3.63) is 12.3 Å². The number of nitrogens with one attached hydrogen (secondary N) is 2. The normalized spacial score (nSPS) is 13.8. The van der Waals surface area contributed by atoms with Crippen molar-refractivity contribution in [3.63, 3.8) is 0 Å². The number of aromatic nitrogens is 2. The van der Waals surface area contributed by atoms with E-state index in [4.69, 9.17) is 0 Å². The Bertz CT molecular complexity index is 400. The standard InChI is InChI=1S/C11H21N3O2S/c1-3-5-6-10(4-2)9-13-17(15,16)11-7-8-12-14-11/h7-8,10,13H,3-6,9H2,1-2H3,(H,12,14). The molecule has 0 bridgehead atoms. The van der Waals surface area contributed by atoms with Crippen LogP contribution < -0.4 is 4.72 Å². The first-order chi connectivity index (χ1) is 8.10. The lowest BCUT2D eigenvalue weighted by Gasteiger charge is -2.14.